The van der Waals surface area contributed by atoms with Gasteiger partial charge < -0.3 is 10.1 Å². The number of pyridine rings is 1. The van der Waals surface area contributed by atoms with Crippen LogP contribution in [-0.2, 0) is 6.42 Å². The number of nitrogens with zero attached hydrogens (tertiary/aromatic N) is 1. The molecule has 1 aromatic carbocycles. The molecule has 0 saturated heterocycles. The zero-order valence-electron chi connectivity index (χ0n) is 11.8. The SMILES string of the molecule is CNC(CCc1ccccn1)c1ccc(OC)cc1F. The summed E-state index contributed by atoms with van der Waals surface area (Å²) in [5.74, 6) is 0.288. The van der Waals surface area contributed by atoms with Gasteiger partial charge in [0, 0.05) is 29.6 Å². The second-order valence-electron chi connectivity index (χ2n) is 4.59. The molecule has 0 aliphatic heterocycles. The summed E-state index contributed by atoms with van der Waals surface area (Å²) in [5.41, 5.74) is 1.67. The highest BCUT2D eigenvalue weighted by molar-refractivity contribution is 5.31. The summed E-state index contributed by atoms with van der Waals surface area (Å²) in [6, 6.07) is 10.8. The molecule has 20 heavy (non-hydrogen) atoms. The van der Waals surface area contributed by atoms with Crippen molar-refractivity contribution >= 4 is 0 Å². The molecule has 0 radical (unpaired) electrons. The molecule has 2 aromatic rings. The maximum Gasteiger partial charge on any atom is 0.131 e. The Hall–Kier alpha value is -1.94. The number of aromatic nitrogens is 1. The average molecular weight is 274 g/mol. The van der Waals surface area contributed by atoms with Gasteiger partial charge in [0.05, 0.1) is 7.11 Å². The molecule has 2 rings (SSSR count). The Morgan fingerprint density at radius 2 is 2.15 bits per heavy atom. The van der Waals surface area contributed by atoms with Crippen LogP contribution in [0, 0.1) is 5.82 Å². The van der Waals surface area contributed by atoms with Crippen LogP contribution in [0.1, 0.15) is 23.7 Å². The van der Waals surface area contributed by atoms with Gasteiger partial charge >= 0.3 is 0 Å². The van der Waals surface area contributed by atoms with Gasteiger partial charge in [-0.25, -0.2) is 4.39 Å². The van der Waals surface area contributed by atoms with E-state index in [-0.39, 0.29) is 11.9 Å². The van der Waals surface area contributed by atoms with E-state index in [2.05, 4.69) is 10.3 Å². The Balaban J connectivity index is 2.08. The van der Waals surface area contributed by atoms with Gasteiger partial charge in [-0.3, -0.25) is 4.98 Å². The molecule has 0 spiro atoms. The van der Waals surface area contributed by atoms with Gasteiger partial charge in [-0.05, 0) is 38.1 Å². The minimum atomic E-state index is -0.246. The van der Waals surface area contributed by atoms with Crippen LogP contribution < -0.4 is 10.1 Å². The van der Waals surface area contributed by atoms with Gasteiger partial charge in [0.15, 0.2) is 0 Å². The molecule has 0 bridgehead atoms. The molecule has 1 heterocycles. The second kappa shape index (κ2) is 7.01. The molecule has 0 amide bonds. The lowest BCUT2D eigenvalue weighted by Gasteiger charge is -2.17. The lowest BCUT2D eigenvalue weighted by Crippen LogP contribution is -2.18. The molecule has 1 N–H and O–H groups in total. The number of methoxy groups -OCH3 is 1. The van der Waals surface area contributed by atoms with Crippen LogP contribution in [0.3, 0.4) is 0 Å². The highest BCUT2D eigenvalue weighted by Gasteiger charge is 2.14. The van der Waals surface area contributed by atoms with E-state index < -0.39 is 0 Å². The normalized spacial score (nSPS) is 12.2. The number of hydrogen-bond acceptors (Lipinski definition) is 3. The third-order valence-electron chi connectivity index (χ3n) is 3.35. The lowest BCUT2D eigenvalue weighted by molar-refractivity contribution is 0.409. The van der Waals surface area contributed by atoms with E-state index in [1.807, 2.05) is 25.2 Å². The molecule has 3 nitrogen and oxygen atoms in total. The third kappa shape index (κ3) is 3.54. The summed E-state index contributed by atoms with van der Waals surface area (Å²) in [4.78, 5) is 4.29. The van der Waals surface area contributed by atoms with Crippen molar-refractivity contribution in [2.24, 2.45) is 0 Å². The highest BCUT2D eigenvalue weighted by atomic mass is 19.1. The first kappa shape index (κ1) is 14.5. The minimum absolute atomic E-state index is 0.0390. The predicted octanol–water partition coefficient (Wildman–Crippen LogP) is 3.12. The van der Waals surface area contributed by atoms with E-state index in [1.165, 1.54) is 13.2 Å². The Kier molecular flexibility index (Phi) is 5.07. The molecule has 0 aliphatic carbocycles. The number of rotatable bonds is 6. The number of halogens is 1. The first-order chi connectivity index (χ1) is 9.74. The predicted molar refractivity (Wildman–Crippen MR) is 77.3 cm³/mol. The number of ether oxygens (including phenoxy) is 1. The summed E-state index contributed by atoms with van der Waals surface area (Å²) >= 11 is 0. The van der Waals surface area contributed by atoms with Crippen molar-refractivity contribution in [3.8, 4) is 5.75 Å². The maximum absolute atomic E-state index is 14.1. The standard InChI is InChI=1S/C16H19FN2O/c1-18-16(9-6-12-5-3-4-10-19-12)14-8-7-13(20-2)11-15(14)17/h3-5,7-8,10-11,16,18H,6,9H2,1-2H3. The molecule has 0 saturated carbocycles. The maximum atomic E-state index is 14.1. The van der Waals surface area contributed by atoms with Crippen molar-refractivity contribution in [1.29, 1.82) is 0 Å². The smallest absolute Gasteiger partial charge is 0.131 e. The van der Waals surface area contributed by atoms with E-state index in [4.69, 9.17) is 4.74 Å². The van der Waals surface area contributed by atoms with Crippen molar-refractivity contribution in [1.82, 2.24) is 10.3 Å². The largest absolute Gasteiger partial charge is 0.497 e. The number of hydrogen-bond donors (Lipinski definition) is 1. The molecule has 4 heteroatoms. The summed E-state index contributed by atoms with van der Waals surface area (Å²) in [6.07, 6.45) is 3.37. The van der Waals surface area contributed by atoms with Crippen LogP contribution in [0.4, 0.5) is 4.39 Å². The van der Waals surface area contributed by atoms with Crippen molar-refractivity contribution in [3.63, 3.8) is 0 Å². The van der Waals surface area contributed by atoms with Gasteiger partial charge in [-0.15, -0.1) is 0 Å². The first-order valence-electron chi connectivity index (χ1n) is 6.65. The van der Waals surface area contributed by atoms with Crippen LogP contribution in [-0.4, -0.2) is 19.1 Å². The van der Waals surface area contributed by atoms with Crippen LogP contribution in [0.25, 0.3) is 0 Å². The van der Waals surface area contributed by atoms with Crippen LogP contribution in [0.5, 0.6) is 5.75 Å². The van der Waals surface area contributed by atoms with Gasteiger partial charge in [-0.2, -0.15) is 0 Å². The summed E-state index contributed by atoms with van der Waals surface area (Å²) in [7, 11) is 3.37. The summed E-state index contributed by atoms with van der Waals surface area (Å²) in [5, 5.41) is 3.16. The van der Waals surface area contributed by atoms with E-state index in [0.717, 1.165) is 18.5 Å². The topological polar surface area (TPSA) is 34.2 Å². The zero-order valence-corrected chi connectivity index (χ0v) is 11.8. The fourth-order valence-corrected chi connectivity index (χ4v) is 2.21. The van der Waals surface area contributed by atoms with Crippen LogP contribution in [0.2, 0.25) is 0 Å². The van der Waals surface area contributed by atoms with Crippen molar-refractivity contribution in [2.45, 2.75) is 18.9 Å². The van der Waals surface area contributed by atoms with Crippen LogP contribution in [0.15, 0.2) is 42.6 Å². The minimum Gasteiger partial charge on any atom is -0.497 e. The van der Waals surface area contributed by atoms with Gasteiger partial charge in [0.2, 0.25) is 0 Å². The fourth-order valence-electron chi connectivity index (χ4n) is 2.21. The van der Waals surface area contributed by atoms with E-state index in [0.29, 0.717) is 11.3 Å². The number of nitrogens with one attached hydrogen (secondary N) is 1. The highest BCUT2D eigenvalue weighted by Crippen LogP contribution is 2.24. The number of benzene rings is 1. The zero-order chi connectivity index (χ0) is 14.4. The molecule has 1 atom stereocenters. The monoisotopic (exact) mass is 274 g/mol. The molecule has 0 fully saturated rings. The lowest BCUT2D eigenvalue weighted by atomic mass is 10.00. The van der Waals surface area contributed by atoms with Gasteiger partial charge in [0.1, 0.15) is 11.6 Å². The Bertz CT molecular complexity index is 545. The van der Waals surface area contributed by atoms with Gasteiger partial charge in [-0.1, -0.05) is 12.1 Å². The fraction of sp³-hybridized carbons (Fsp3) is 0.312. The third-order valence-corrected chi connectivity index (χ3v) is 3.35. The van der Waals surface area contributed by atoms with Crippen molar-refractivity contribution in [3.05, 3.63) is 59.7 Å². The van der Waals surface area contributed by atoms with Crippen molar-refractivity contribution in [2.75, 3.05) is 14.2 Å². The van der Waals surface area contributed by atoms with Gasteiger partial charge in [0.25, 0.3) is 0 Å². The van der Waals surface area contributed by atoms with Crippen molar-refractivity contribution < 1.29 is 9.13 Å². The molecular formula is C16H19FN2O. The van der Waals surface area contributed by atoms with E-state index in [9.17, 15) is 4.39 Å². The molecule has 106 valence electrons. The van der Waals surface area contributed by atoms with E-state index >= 15 is 0 Å². The Morgan fingerprint density at radius 1 is 1.30 bits per heavy atom. The summed E-state index contributed by atoms with van der Waals surface area (Å²) in [6.45, 7) is 0. The average Bonchev–Trinajstić information content (AvgIpc) is 2.50. The first-order valence-corrected chi connectivity index (χ1v) is 6.65. The Morgan fingerprint density at radius 3 is 2.75 bits per heavy atom. The Labute approximate surface area is 118 Å². The quantitative estimate of drug-likeness (QED) is 0.878. The molecule has 1 unspecified atom stereocenters. The van der Waals surface area contributed by atoms with Crippen LogP contribution >= 0.6 is 0 Å². The molecule has 1 aromatic heterocycles. The summed E-state index contributed by atoms with van der Waals surface area (Å²) < 4.78 is 19.1. The molecular weight excluding hydrogens is 255 g/mol. The second-order valence-corrected chi connectivity index (χ2v) is 4.59. The van der Waals surface area contributed by atoms with E-state index in [1.54, 1.807) is 18.3 Å². The molecule has 0 aliphatic rings. The number of aryl methyl sites for hydroxylation is 1.